The quantitative estimate of drug-likeness (QED) is 0.258. The molecule has 0 bridgehead atoms. The number of fused-ring (bicyclic) bond motifs is 2. The number of rotatable bonds is 0. The molecule has 6 nitrogen and oxygen atoms in total. The molecule has 6 heteroatoms. The van der Waals surface area contributed by atoms with E-state index >= 15 is 0 Å². The van der Waals surface area contributed by atoms with Crippen LogP contribution in [0.5, 0.6) is 11.5 Å². The molecule has 0 unspecified atom stereocenters. The second-order valence-electron chi connectivity index (χ2n) is 5.59. The van der Waals surface area contributed by atoms with E-state index in [2.05, 4.69) is 0 Å². The standard InChI is InChI=1S/C18H8O6/c19-9-5-1-3-7-11(9)16-13-12-8(17(21)24-16)4-2-6-10(12)23-18(22)14(13)15(7)20/h1-6,19-20H. The van der Waals surface area contributed by atoms with Crippen LogP contribution in [0.3, 0.4) is 0 Å². The van der Waals surface area contributed by atoms with E-state index in [1.807, 2.05) is 0 Å². The molecule has 0 spiro atoms. The van der Waals surface area contributed by atoms with Crippen LogP contribution in [0, 0.1) is 0 Å². The Labute approximate surface area is 132 Å². The Hall–Kier alpha value is -3.54. The average molecular weight is 320 g/mol. The second-order valence-corrected chi connectivity index (χ2v) is 5.59. The third kappa shape index (κ3) is 1.35. The van der Waals surface area contributed by atoms with Crippen molar-refractivity contribution in [2.75, 3.05) is 0 Å². The van der Waals surface area contributed by atoms with Crippen molar-refractivity contribution >= 4 is 43.5 Å². The predicted octanol–water partition coefficient (Wildman–Crippen LogP) is 3.05. The summed E-state index contributed by atoms with van der Waals surface area (Å²) in [6, 6.07) is 9.17. The van der Waals surface area contributed by atoms with Crippen molar-refractivity contribution in [1.29, 1.82) is 0 Å². The molecule has 0 amide bonds. The Morgan fingerprint density at radius 3 is 2.29 bits per heavy atom. The monoisotopic (exact) mass is 320 g/mol. The zero-order valence-electron chi connectivity index (χ0n) is 12.0. The van der Waals surface area contributed by atoms with Gasteiger partial charge in [0.1, 0.15) is 22.5 Å². The van der Waals surface area contributed by atoms with Gasteiger partial charge in [-0.1, -0.05) is 18.2 Å². The Balaban J connectivity index is 2.35. The molecular weight excluding hydrogens is 312 g/mol. The Morgan fingerprint density at radius 2 is 1.46 bits per heavy atom. The van der Waals surface area contributed by atoms with Gasteiger partial charge < -0.3 is 19.0 Å². The van der Waals surface area contributed by atoms with Gasteiger partial charge in [0.05, 0.1) is 10.8 Å². The van der Waals surface area contributed by atoms with Gasteiger partial charge in [-0.15, -0.1) is 0 Å². The summed E-state index contributed by atoms with van der Waals surface area (Å²) in [4.78, 5) is 24.7. The van der Waals surface area contributed by atoms with E-state index in [0.717, 1.165) is 0 Å². The lowest BCUT2D eigenvalue weighted by molar-refractivity contribution is 0.475. The Morgan fingerprint density at radius 1 is 0.708 bits per heavy atom. The zero-order valence-corrected chi connectivity index (χ0v) is 12.0. The minimum atomic E-state index is -0.739. The second kappa shape index (κ2) is 4.05. The predicted molar refractivity (Wildman–Crippen MR) is 88.1 cm³/mol. The Kier molecular flexibility index (Phi) is 2.19. The largest absolute Gasteiger partial charge is 0.507 e. The smallest absolute Gasteiger partial charge is 0.348 e. The molecule has 24 heavy (non-hydrogen) atoms. The van der Waals surface area contributed by atoms with Crippen molar-refractivity contribution in [3.05, 3.63) is 57.2 Å². The van der Waals surface area contributed by atoms with Gasteiger partial charge in [0, 0.05) is 16.2 Å². The summed E-state index contributed by atoms with van der Waals surface area (Å²) in [5.74, 6) is -0.476. The van der Waals surface area contributed by atoms with Crippen LogP contribution >= 0.6 is 0 Å². The molecule has 0 fully saturated rings. The molecule has 2 heterocycles. The van der Waals surface area contributed by atoms with Crippen LogP contribution in [0.25, 0.3) is 43.5 Å². The van der Waals surface area contributed by atoms with Crippen molar-refractivity contribution in [2.24, 2.45) is 0 Å². The first kappa shape index (κ1) is 13.0. The fourth-order valence-corrected chi connectivity index (χ4v) is 3.35. The van der Waals surface area contributed by atoms with Crippen LogP contribution in [0.15, 0.2) is 54.8 Å². The van der Waals surface area contributed by atoms with Crippen LogP contribution in [-0.2, 0) is 0 Å². The lowest BCUT2D eigenvalue weighted by atomic mass is 9.97. The summed E-state index contributed by atoms with van der Waals surface area (Å²) >= 11 is 0. The van der Waals surface area contributed by atoms with Crippen molar-refractivity contribution in [1.82, 2.24) is 0 Å². The van der Waals surface area contributed by atoms with Gasteiger partial charge in [0.25, 0.3) is 0 Å². The summed E-state index contributed by atoms with van der Waals surface area (Å²) in [5.41, 5.74) is -1.08. The van der Waals surface area contributed by atoms with Crippen molar-refractivity contribution in [3.63, 3.8) is 0 Å². The molecule has 5 rings (SSSR count). The first-order valence-electron chi connectivity index (χ1n) is 7.16. The SMILES string of the molecule is O=c1oc2c3c(O)cccc3c(O)c3c(=O)oc4cccc1c4c32. The van der Waals surface area contributed by atoms with Crippen LogP contribution in [0.2, 0.25) is 0 Å². The molecule has 3 aromatic carbocycles. The van der Waals surface area contributed by atoms with Crippen LogP contribution in [0.1, 0.15) is 0 Å². The summed E-state index contributed by atoms with van der Waals surface area (Å²) in [6.45, 7) is 0. The van der Waals surface area contributed by atoms with E-state index in [9.17, 15) is 19.8 Å². The van der Waals surface area contributed by atoms with Gasteiger partial charge in [0.15, 0.2) is 5.58 Å². The molecule has 0 atom stereocenters. The molecule has 0 aliphatic heterocycles. The van der Waals surface area contributed by atoms with E-state index in [0.29, 0.717) is 5.39 Å². The Bertz CT molecular complexity index is 1410. The van der Waals surface area contributed by atoms with Gasteiger partial charge in [0.2, 0.25) is 0 Å². The molecule has 0 radical (unpaired) electrons. The van der Waals surface area contributed by atoms with E-state index in [1.165, 1.54) is 18.2 Å². The number of aromatic hydroxyl groups is 2. The van der Waals surface area contributed by atoms with Crippen LogP contribution < -0.4 is 11.3 Å². The van der Waals surface area contributed by atoms with Gasteiger partial charge >= 0.3 is 11.3 Å². The number of phenolic OH excluding ortho intramolecular Hbond substituents is 2. The fourth-order valence-electron chi connectivity index (χ4n) is 3.35. The highest BCUT2D eigenvalue weighted by molar-refractivity contribution is 6.28. The van der Waals surface area contributed by atoms with E-state index in [4.69, 9.17) is 8.83 Å². The first-order valence-corrected chi connectivity index (χ1v) is 7.16. The van der Waals surface area contributed by atoms with Crippen molar-refractivity contribution < 1.29 is 19.0 Å². The summed E-state index contributed by atoms with van der Waals surface area (Å²) in [7, 11) is 0. The lowest BCUT2D eigenvalue weighted by Gasteiger charge is -2.12. The highest BCUT2D eigenvalue weighted by Crippen LogP contribution is 2.43. The normalized spacial score (nSPS) is 12.0. The topological polar surface area (TPSA) is 101 Å². The molecule has 116 valence electrons. The highest BCUT2D eigenvalue weighted by atomic mass is 16.4. The molecule has 2 aromatic heterocycles. The maximum Gasteiger partial charge on any atom is 0.348 e. The van der Waals surface area contributed by atoms with Gasteiger partial charge in [-0.25, -0.2) is 9.59 Å². The number of hydrogen-bond acceptors (Lipinski definition) is 6. The molecule has 0 saturated heterocycles. The third-order valence-electron chi connectivity index (χ3n) is 4.34. The minimum absolute atomic E-state index is 0.0532. The number of benzene rings is 3. The number of hydrogen-bond donors (Lipinski definition) is 2. The van der Waals surface area contributed by atoms with Gasteiger partial charge in [-0.3, -0.25) is 0 Å². The third-order valence-corrected chi connectivity index (χ3v) is 4.34. The lowest BCUT2D eigenvalue weighted by Crippen LogP contribution is -2.07. The average Bonchev–Trinajstić information content (AvgIpc) is 2.56. The van der Waals surface area contributed by atoms with Crippen molar-refractivity contribution in [2.45, 2.75) is 0 Å². The zero-order chi connectivity index (χ0) is 16.6. The molecule has 5 aromatic rings. The molecule has 0 saturated carbocycles. The molecule has 0 aliphatic rings. The maximum absolute atomic E-state index is 12.4. The molecular formula is C18H8O6. The van der Waals surface area contributed by atoms with Crippen LogP contribution in [0.4, 0.5) is 0 Å². The van der Waals surface area contributed by atoms with Gasteiger partial charge in [-0.2, -0.15) is 0 Å². The minimum Gasteiger partial charge on any atom is -0.507 e. The summed E-state index contributed by atoms with van der Waals surface area (Å²) in [5, 5.41) is 22.0. The maximum atomic E-state index is 12.4. The fraction of sp³-hybridized carbons (Fsp3) is 0. The van der Waals surface area contributed by atoms with E-state index < -0.39 is 11.3 Å². The van der Waals surface area contributed by atoms with Gasteiger partial charge in [-0.05, 0) is 18.2 Å². The first-order chi connectivity index (χ1) is 11.6. The molecule has 0 aliphatic carbocycles. The highest BCUT2D eigenvalue weighted by Gasteiger charge is 2.24. The van der Waals surface area contributed by atoms with E-state index in [-0.39, 0.29) is 49.6 Å². The van der Waals surface area contributed by atoms with Crippen LogP contribution in [-0.4, -0.2) is 10.2 Å². The van der Waals surface area contributed by atoms with E-state index in [1.54, 1.807) is 18.2 Å². The van der Waals surface area contributed by atoms with Crippen molar-refractivity contribution in [3.8, 4) is 11.5 Å². The summed E-state index contributed by atoms with van der Waals surface area (Å²) in [6.07, 6.45) is 0. The number of phenols is 2. The molecule has 2 N–H and O–H groups in total. The summed E-state index contributed by atoms with van der Waals surface area (Å²) < 4.78 is 10.7.